The quantitative estimate of drug-likeness (QED) is 0.744. The molecule has 0 radical (unpaired) electrons. The highest BCUT2D eigenvalue weighted by atomic mass is 16.6. The van der Waals surface area contributed by atoms with Gasteiger partial charge >= 0.3 is 6.16 Å². The van der Waals surface area contributed by atoms with Crippen molar-refractivity contribution in [1.29, 1.82) is 0 Å². The van der Waals surface area contributed by atoms with Gasteiger partial charge in [-0.1, -0.05) is 42.5 Å². The average molecular weight is 233 g/mol. The number of carboxylic acid groups (broad SMARTS) is 2. The Kier molecular flexibility index (Phi) is 4.97. The molecule has 4 N–H and O–H groups in total. The Hall–Kier alpha value is -2.07. The summed E-state index contributed by atoms with van der Waals surface area (Å²) < 4.78 is 0. The lowest BCUT2D eigenvalue weighted by molar-refractivity contribution is 0.137. The normalized spacial score (nSPS) is 9.47. The highest BCUT2D eigenvalue weighted by Crippen LogP contribution is 2.15. The molecule has 4 heteroatoms. The maximum atomic E-state index is 8.56. The predicted octanol–water partition coefficient (Wildman–Crippen LogP) is 2.56. The Labute approximate surface area is 99.3 Å². The summed E-state index contributed by atoms with van der Waals surface area (Å²) >= 11 is 0. The number of nitrogens with two attached hydrogens (primary N) is 1. The van der Waals surface area contributed by atoms with Crippen molar-refractivity contribution in [1.82, 2.24) is 0 Å². The zero-order valence-electron chi connectivity index (χ0n) is 9.34. The number of hydrogen-bond acceptors (Lipinski definition) is 2. The van der Waals surface area contributed by atoms with Crippen molar-refractivity contribution in [3.63, 3.8) is 0 Å². The van der Waals surface area contributed by atoms with Gasteiger partial charge in [0, 0.05) is 0 Å². The smallest absolute Gasteiger partial charge is 0.450 e. The Morgan fingerprint density at radius 2 is 1.65 bits per heavy atom. The predicted molar refractivity (Wildman–Crippen MR) is 67.4 cm³/mol. The lowest BCUT2D eigenvalue weighted by Gasteiger charge is -2.01. The van der Waals surface area contributed by atoms with E-state index in [1.807, 2.05) is 0 Å². The van der Waals surface area contributed by atoms with Gasteiger partial charge in [0.05, 0.1) is 0 Å². The molecule has 2 aromatic rings. The largest absolute Gasteiger partial charge is 0.503 e. The van der Waals surface area contributed by atoms with Crippen molar-refractivity contribution in [2.24, 2.45) is 5.73 Å². The van der Waals surface area contributed by atoms with Crippen LogP contribution in [-0.2, 0) is 6.42 Å². The van der Waals surface area contributed by atoms with Crippen LogP contribution in [0.2, 0.25) is 0 Å². The third kappa shape index (κ3) is 4.53. The molecule has 0 unspecified atom stereocenters. The molecule has 0 saturated carbocycles. The van der Waals surface area contributed by atoms with Crippen LogP contribution >= 0.6 is 0 Å². The second-order valence-corrected chi connectivity index (χ2v) is 3.50. The Morgan fingerprint density at radius 1 is 1.06 bits per heavy atom. The van der Waals surface area contributed by atoms with Crippen LogP contribution in [0.1, 0.15) is 5.56 Å². The first-order chi connectivity index (χ1) is 8.13. The first-order valence-electron chi connectivity index (χ1n) is 5.23. The summed E-state index contributed by atoms with van der Waals surface area (Å²) in [5.41, 5.74) is 6.83. The molecule has 0 heterocycles. The minimum atomic E-state index is -1.83. The minimum absolute atomic E-state index is 0.721. The summed E-state index contributed by atoms with van der Waals surface area (Å²) in [6, 6.07) is 14.9. The molecule has 0 saturated heterocycles. The third-order valence-corrected chi connectivity index (χ3v) is 2.25. The zero-order valence-corrected chi connectivity index (χ0v) is 9.34. The van der Waals surface area contributed by atoms with Crippen LogP contribution in [0.25, 0.3) is 10.8 Å². The lowest BCUT2D eigenvalue weighted by atomic mass is 10.1. The van der Waals surface area contributed by atoms with Crippen LogP contribution < -0.4 is 5.73 Å². The molecular weight excluding hydrogens is 218 g/mol. The maximum absolute atomic E-state index is 8.56. The van der Waals surface area contributed by atoms with Crippen LogP contribution in [0.3, 0.4) is 0 Å². The molecule has 0 atom stereocenters. The van der Waals surface area contributed by atoms with Gasteiger partial charge in [-0.15, -0.1) is 0 Å². The summed E-state index contributed by atoms with van der Waals surface area (Å²) in [7, 11) is 0. The molecule has 0 spiro atoms. The summed E-state index contributed by atoms with van der Waals surface area (Å²) in [6.45, 7) is 0.721. The minimum Gasteiger partial charge on any atom is -0.450 e. The van der Waals surface area contributed by atoms with Crippen molar-refractivity contribution in [2.75, 3.05) is 6.54 Å². The maximum Gasteiger partial charge on any atom is 0.503 e. The van der Waals surface area contributed by atoms with Gasteiger partial charge in [0.15, 0.2) is 0 Å². The van der Waals surface area contributed by atoms with Gasteiger partial charge in [-0.25, -0.2) is 4.79 Å². The molecule has 0 aliphatic rings. The van der Waals surface area contributed by atoms with Gasteiger partial charge in [-0.2, -0.15) is 0 Å². The fraction of sp³-hybridized carbons (Fsp3) is 0.154. The van der Waals surface area contributed by atoms with Crippen molar-refractivity contribution in [3.8, 4) is 0 Å². The van der Waals surface area contributed by atoms with Crippen LogP contribution in [-0.4, -0.2) is 22.9 Å². The molecule has 0 aliphatic heterocycles. The van der Waals surface area contributed by atoms with E-state index < -0.39 is 6.16 Å². The number of rotatable bonds is 2. The highest BCUT2D eigenvalue weighted by molar-refractivity contribution is 5.82. The lowest BCUT2D eigenvalue weighted by Crippen LogP contribution is -2.02. The van der Waals surface area contributed by atoms with Crippen LogP contribution in [0, 0.1) is 0 Å². The molecule has 0 amide bonds. The van der Waals surface area contributed by atoms with E-state index in [0.29, 0.717) is 0 Å². The van der Waals surface area contributed by atoms with Gasteiger partial charge in [0.1, 0.15) is 0 Å². The molecule has 0 bridgehead atoms. The number of hydrogen-bond donors (Lipinski definition) is 3. The van der Waals surface area contributed by atoms with E-state index in [1.54, 1.807) is 0 Å². The standard InChI is InChI=1S/C12H13N.CH2O3/c13-8-7-10-5-6-11-3-1-2-4-12(11)9-10;2-1(3)4/h1-6,9H,7-8,13H2;(H2,2,3,4). The summed E-state index contributed by atoms with van der Waals surface area (Å²) in [5.74, 6) is 0. The van der Waals surface area contributed by atoms with Crippen LogP contribution in [0.5, 0.6) is 0 Å². The van der Waals surface area contributed by atoms with E-state index in [9.17, 15) is 0 Å². The van der Waals surface area contributed by atoms with Crippen molar-refractivity contribution in [3.05, 3.63) is 48.0 Å². The molecule has 0 fully saturated rings. The SMILES string of the molecule is NCCc1ccc2ccccc2c1.O=C(O)O. The van der Waals surface area contributed by atoms with Gasteiger partial charge < -0.3 is 15.9 Å². The summed E-state index contributed by atoms with van der Waals surface area (Å²) in [6.07, 6.45) is -0.870. The molecule has 0 aliphatic carbocycles. The van der Waals surface area contributed by atoms with E-state index in [2.05, 4.69) is 42.5 Å². The van der Waals surface area contributed by atoms with Crippen molar-refractivity contribution in [2.45, 2.75) is 6.42 Å². The molecule has 17 heavy (non-hydrogen) atoms. The zero-order chi connectivity index (χ0) is 12.7. The number of fused-ring (bicyclic) bond motifs is 1. The molecule has 0 aromatic heterocycles. The molecular formula is C13H15NO3. The third-order valence-electron chi connectivity index (χ3n) is 2.25. The van der Waals surface area contributed by atoms with E-state index in [4.69, 9.17) is 20.7 Å². The number of benzene rings is 2. The first kappa shape index (κ1) is 13.0. The Balaban J connectivity index is 0.000000317. The van der Waals surface area contributed by atoms with E-state index in [-0.39, 0.29) is 0 Å². The summed E-state index contributed by atoms with van der Waals surface area (Å²) in [4.78, 5) is 8.56. The van der Waals surface area contributed by atoms with E-state index in [1.165, 1.54) is 16.3 Å². The second kappa shape index (κ2) is 6.50. The van der Waals surface area contributed by atoms with Crippen LogP contribution in [0.15, 0.2) is 42.5 Å². The topological polar surface area (TPSA) is 83.6 Å². The van der Waals surface area contributed by atoms with Crippen LogP contribution in [0.4, 0.5) is 4.79 Å². The molecule has 2 aromatic carbocycles. The highest BCUT2D eigenvalue weighted by Gasteiger charge is 1.94. The first-order valence-corrected chi connectivity index (χ1v) is 5.23. The van der Waals surface area contributed by atoms with Crippen molar-refractivity contribution < 1.29 is 15.0 Å². The Bertz CT molecular complexity index is 493. The van der Waals surface area contributed by atoms with Crippen molar-refractivity contribution >= 4 is 16.9 Å². The molecule has 4 nitrogen and oxygen atoms in total. The van der Waals surface area contributed by atoms with E-state index in [0.717, 1.165) is 13.0 Å². The molecule has 90 valence electrons. The van der Waals surface area contributed by atoms with Gasteiger partial charge in [0.2, 0.25) is 0 Å². The average Bonchev–Trinajstić information content (AvgIpc) is 2.29. The Morgan fingerprint density at radius 3 is 2.24 bits per heavy atom. The van der Waals surface area contributed by atoms with Gasteiger partial charge in [-0.3, -0.25) is 0 Å². The summed E-state index contributed by atoms with van der Waals surface area (Å²) in [5, 5.41) is 16.5. The van der Waals surface area contributed by atoms with Gasteiger partial charge in [-0.05, 0) is 29.3 Å². The second-order valence-electron chi connectivity index (χ2n) is 3.50. The molecule has 2 rings (SSSR count). The van der Waals surface area contributed by atoms with E-state index >= 15 is 0 Å². The monoisotopic (exact) mass is 233 g/mol. The number of carbonyl (C=O) groups is 1. The van der Waals surface area contributed by atoms with Gasteiger partial charge in [0.25, 0.3) is 0 Å². The fourth-order valence-electron chi connectivity index (χ4n) is 1.56. The fourth-order valence-corrected chi connectivity index (χ4v) is 1.56.